The minimum atomic E-state index is -0.483. The monoisotopic (exact) mass is 375 g/mol. The largest absolute Gasteiger partial charge is 0.444 e. The van der Waals surface area contributed by atoms with Gasteiger partial charge in [0.05, 0.1) is 11.9 Å². The van der Waals surface area contributed by atoms with E-state index in [2.05, 4.69) is 9.97 Å². The first-order chi connectivity index (χ1) is 12.3. The van der Waals surface area contributed by atoms with Crippen molar-refractivity contribution in [3.05, 3.63) is 41.3 Å². The number of ether oxygens (including phenoxy) is 1. The van der Waals surface area contributed by atoms with E-state index in [-0.39, 0.29) is 12.1 Å². The maximum atomic E-state index is 12.5. The summed E-state index contributed by atoms with van der Waals surface area (Å²) in [7, 11) is 0. The number of benzene rings is 1. The quantitative estimate of drug-likeness (QED) is 0.815. The number of carbonyl (C=O) groups is 1. The summed E-state index contributed by atoms with van der Waals surface area (Å²) < 4.78 is 5.57. The summed E-state index contributed by atoms with van der Waals surface area (Å²) in [5.41, 5.74) is 1.45. The molecule has 1 aliphatic rings. The van der Waals surface area contributed by atoms with E-state index in [9.17, 15) is 4.79 Å². The predicted molar refractivity (Wildman–Crippen MR) is 103 cm³/mol. The topological polar surface area (TPSA) is 58.2 Å². The number of imidazole rings is 1. The number of halogens is 1. The normalized spacial score (nSPS) is 18.0. The summed E-state index contributed by atoms with van der Waals surface area (Å²) in [5, 5.41) is 0.696. The number of hydrogen-bond donors (Lipinski definition) is 1. The van der Waals surface area contributed by atoms with Crippen LogP contribution in [0.1, 0.15) is 45.9 Å². The van der Waals surface area contributed by atoms with Crippen molar-refractivity contribution >= 4 is 17.7 Å². The van der Waals surface area contributed by atoms with Crippen LogP contribution in [0.5, 0.6) is 0 Å². The van der Waals surface area contributed by atoms with Crippen LogP contribution in [0.3, 0.4) is 0 Å². The van der Waals surface area contributed by atoms with Crippen LogP contribution < -0.4 is 0 Å². The highest BCUT2D eigenvalue weighted by Gasteiger charge is 2.31. The van der Waals surface area contributed by atoms with E-state index in [0.29, 0.717) is 11.4 Å². The molecule has 0 bridgehead atoms. The highest BCUT2D eigenvalue weighted by atomic mass is 35.5. The molecule has 1 unspecified atom stereocenters. The van der Waals surface area contributed by atoms with Crippen LogP contribution in [-0.2, 0) is 11.2 Å². The standard InChI is InChI=1S/C20H26ClN3O2/c1-20(2,3)26-19(25)24-10-5-4-9-16(24)12-18-22-13-17(23-18)14-7-6-8-15(21)11-14/h6-8,11,13,16H,4-5,9-10,12H2,1-3H3,(H,22,23). The van der Waals surface area contributed by atoms with E-state index in [1.165, 1.54) is 0 Å². The van der Waals surface area contributed by atoms with Gasteiger partial charge in [-0.1, -0.05) is 23.7 Å². The Labute approximate surface area is 159 Å². The Bertz CT molecular complexity index is 766. The second-order valence-electron chi connectivity index (χ2n) is 7.78. The molecule has 1 saturated heterocycles. The van der Waals surface area contributed by atoms with Gasteiger partial charge in [-0.3, -0.25) is 0 Å². The first-order valence-electron chi connectivity index (χ1n) is 9.11. The van der Waals surface area contributed by atoms with Crippen LogP contribution in [0, 0.1) is 0 Å². The second kappa shape index (κ2) is 7.70. The van der Waals surface area contributed by atoms with Crippen LogP contribution in [-0.4, -0.2) is 39.1 Å². The van der Waals surface area contributed by atoms with Crippen LogP contribution in [0.4, 0.5) is 4.79 Å². The van der Waals surface area contributed by atoms with Crippen LogP contribution in [0.25, 0.3) is 11.3 Å². The molecule has 0 aliphatic carbocycles. The summed E-state index contributed by atoms with van der Waals surface area (Å²) in [6, 6.07) is 7.78. The van der Waals surface area contributed by atoms with Gasteiger partial charge in [0.2, 0.25) is 0 Å². The fourth-order valence-corrected chi connectivity index (χ4v) is 3.46. The molecule has 0 saturated carbocycles. The van der Waals surface area contributed by atoms with Gasteiger partial charge in [0.1, 0.15) is 11.4 Å². The Balaban J connectivity index is 1.71. The number of piperidine rings is 1. The van der Waals surface area contributed by atoms with Crippen molar-refractivity contribution in [3.8, 4) is 11.3 Å². The Morgan fingerprint density at radius 1 is 1.38 bits per heavy atom. The van der Waals surface area contributed by atoms with Gasteiger partial charge in [-0.2, -0.15) is 0 Å². The van der Waals surface area contributed by atoms with E-state index < -0.39 is 5.60 Å². The third-order valence-electron chi connectivity index (χ3n) is 4.45. The fourth-order valence-electron chi connectivity index (χ4n) is 3.27. The lowest BCUT2D eigenvalue weighted by Crippen LogP contribution is -2.47. The lowest BCUT2D eigenvalue weighted by Gasteiger charge is -2.36. The van der Waals surface area contributed by atoms with Crippen molar-refractivity contribution in [1.29, 1.82) is 0 Å². The SMILES string of the molecule is CC(C)(C)OC(=O)N1CCCCC1Cc1ncc(-c2cccc(Cl)c2)[nH]1. The molecule has 26 heavy (non-hydrogen) atoms. The maximum Gasteiger partial charge on any atom is 0.410 e. The molecule has 1 atom stereocenters. The van der Waals surface area contributed by atoms with E-state index in [1.54, 1.807) is 0 Å². The minimum absolute atomic E-state index is 0.108. The Kier molecular flexibility index (Phi) is 5.56. The summed E-state index contributed by atoms with van der Waals surface area (Å²) in [5.74, 6) is 0.875. The molecule has 0 spiro atoms. The molecule has 1 fully saturated rings. The van der Waals surface area contributed by atoms with Gasteiger partial charge >= 0.3 is 6.09 Å². The van der Waals surface area contributed by atoms with Gasteiger partial charge in [0.15, 0.2) is 0 Å². The highest BCUT2D eigenvalue weighted by Crippen LogP contribution is 2.25. The van der Waals surface area contributed by atoms with Crippen LogP contribution in [0.15, 0.2) is 30.5 Å². The molecule has 0 radical (unpaired) electrons. The molecule has 140 valence electrons. The zero-order chi connectivity index (χ0) is 18.7. The van der Waals surface area contributed by atoms with E-state index in [4.69, 9.17) is 16.3 Å². The van der Waals surface area contributed by atoms with Crippen molar-refractivity contribution < 1.29 is 9.53 Å². The van der Waals surface area contributed by atoms with Crippen molar-refractivity contribution in [2.45, 2.75) is 58.1 Å². The molecule has 1 N–H and O–H groups in total. The molecule has 2 aromatic rings. The highest BCUT2D eigenvalue weighted by molar-refractivity contribution is 6.30. The average Bonchev–Trinajstić information content (AvgIpc) is 3.02. The number of H-pyrrole nitrogens is 1. The van der Waals surface area contributed by atoms with Gasteiger partial charge in [0.25, 0.3) is 0 Å². The smallest absolute Gasteiger partial charge is 0.410 e. The minimum Gasteiger partial charge on any atom is -0.444 e. The number of nitrogens with zero attached hydrogens (tertiary/aromatic N) is 2. The van der Waals surface area contributed by atoms with E-state index >= 15 is 0 Å². The molecule has 1 amide bonds. The Morgan fingerprint density at radius 2 is 2.19 bits per heavy atom. The molecule has 5 nitrogen and oxygen atoms in total. The van der Waals surface area contributed by atoms with Crippen molar-refractivity contribution in [2.24, 2.45) is 0 Å². The van der Waals surface area contributed by atoms with Gasteiger partial charge in [-0.05, 0) is 52.2 Å². The van der Waals surface area contributed by atoms with Crippen LogP contribution >= 0.6 is 11.6 Å². The third kappa shape index (κ3) is 4.79. The summed E-state index contributed by atoms with van der Waals surface area (Å²) >= 11 is 6.07. The van der Waals surface area contributed by atoms with Gasteiger partial charge in [-0.15, -0.1) is 0 Å². The number of aromatic nitrogens is 2. The molecule has 1 aromatic heterocycles. The number of nitrogens with one attached hydrogen (secondary N) is 1. The van der Waals surface area contributed by atoms with Crippen molar-refractivity contribution in [1.82, 2.24) is 14.9 Å². The van der Waals surface area contributed by atoms with Gasteiger partial charge in [0, 0.05) is 29.6 Å². The number of hydrogen-bond acceptors (Lipinski definition) is 3. The van der Waals surface area contributed by atoms with E-state index in [0.717, 1.165) is 42.9 Å². The summed E-state index contributed by atoms with van der Waals surface area (Å²) in [4.78, 5) is 22.3. The van der Waals surface area contributed by atoms with E-state index in [1.807, 2.05) is 56.1 Å². The number of rotatable bonds is 3. The molecule has 6 heteroatoms. The Hall–Kier alpha value is -2.01. The molecular weight excluding hydrogens is 350 g/mol. The molecule has 1 aromatic carbocycles. The lowest BCUT2D eigenvalue weighted by atomic mass is 9.99. The maximum absolute atomic E-state index is 12.5. The molecular formula is C20H26ClN3O2. The molecule has 1 aliphatic heterocycles. The van der Waals surface area contributed by atoms with Crippen molar-refractivity contribution in [2.75, 3.05) is 6.54 Å². The Morgan fingerprint density at radius 3 is 2.92 bits per heavy atom. The number of carbonyl (C=O) groups excluding carboxylic acids is 1. The molecule has 3 rings (SSSR count). The average molecular weight is 376 g/mol. The number of amides is 1. The molecule has 2 heterocycles. The van der Waals surface area contributed by atoms with Crippen molar-refractivity contribution in [3.63, 3.8) is 0 Å². The summed E-state index contributed by atoms with van der Waals surface area (Å²) in [6.45, 7) is 6.43. The number of likely N-dealkylation sites (tertiary alicyclic amines) is 1. The first-order valence-corrected chi connectivity index (χ1v) is 9.49. The fraction of sp³-hybridized carbons (Fsp3) is 0.500. The summed E-state index contributed by atoms with van der Waals surface area (Å²) in [6.07, 6.45) is 5.38. The number of aromatic amines is 1. The zero-order valence-electron chi connectivity index (χ0n) is 15.6. The van der Waals surface area contributed by atoms with Gasteiger partial charge < -0.3 is 14.6 Å². The van der Waals surface area contributed by atoms with Crippen LogP contribution in [0.2, 0.25) is 5.02 Å². The third-order valence-corrected chi connectivity index (χ3v) is 4.68. The predicted octanol–water partition coefficient (Wildman–Crippen LogP) is 5.06. The second-order valence-corrected chi connectivity index (χ2v) is 8.22. The van der Waals surface area contributed by atoms with Gasteiger partial charge in [-0.25, -0.2) is 9.78 Å². The zero-order valence-corrected chi connectivity index (χ0v) is 16.3. The lowest BCUT2D eigenvalue weighted by molar-refractivity contribution is 0.00976. The first kappa shape index (κ1) is 18.8.